The quantitative estimate of drug-likeness (QED) is 0.555. The molecule has 6 nitrogen and oxygen atoms in total. The second-order valence-corrected chi connectivity index (χ2v) is 5.83. The average molecular weight is 330 g/mol. The molecule has 120 valence electrons. The number of aromatic nitrogens is 4. The van der Waals surface area contributed by atoms with Crippen molar-refractivity contribution in [2.75, 3.05) is 12.4 Å². The molecule has 0 bridgehead atoms. The van der Waals surface area contributed by atoms with Gasteiger partial charge >= 0.3 is 5.97 Å². The number of ether oxygens (including phenoxy) is 1. The van der Waals surface area contributed by atoms with E-state index in [0.29, 0.717) is 6.61 Å². The molecule has 0 unspecified atom stereocenters. The van der Waals surface area contributed by atoms with Crippen LogP contribution >= 0.6 is 11.8 Å². The van der Waals surface area contributed by atoms with Crippen molar-refractivity contribution >= 4 is 28.6 Å². The highest BCUT2D eigenvalue weighted by Gasteiger charge is 2.17. The van der Waals surface area contributed by atoms with Gasteiger partial charge in [0.05, 0.1) is 12.4 Å². The van der Waals surface area contributed by atoms with Gasteiger partial charge in [-0.2, -0.15) is 0 Å². The SMILES string of the molecule is CCOC(=O)CSc1nnc(-c2c[nH]c3ccccc23)n1CC. The van der Waals surface area contributed by atoms with Crippen LogP contribution < -0.4 is 0 Å². The molecule has 0 aliphatic carbocycles. The zero-order chi connectivity index (χ0) is 16.2. The van der Waals surface area contributed by atoms with Crippen molar-refractivity contribution in [1.82, 2.24) is 19.7 Å². The first-order valence-corrected chi connectivity index (χ1v) is 8.51. The van der Waals surface area contributed by atoms with Crippen LogP contribution in [-0.2, 0) is 16.1 Å². The Labute approximate surface area is 138 Å². The van der Waals surface area contributed by atoms with Crippen molar-refractivity contribution in [3.63, 3.8) is 0 Å². The van der Waals surface area contributed by atoms with Crippen molar-refractivity contribution in [3.05, 3.63) is 30.5 Å². The van der Waals surface area contributed by atoms with Gasteiger partial charge in [0.25, 0.3) is 0 Å². The number of benzene rings is 1. The second-order valence-electron chi connectivity index (χ2n) is 4.89. The summed E-state index contributed by atoms with van der Waals surface area (Å²) in [7, 11) is 0. The number of aromatic amines is 1. The maximum Gasteiger partial charge on any atom is 0.316 e. The summed E-state index contributed by atoms with van der Waals surface area (Å²) in [6.45, 7) is 4.95. The third-order valence-corrected chi connectivity index (χ3v) is 4.43. The van der Waals surface area contributed by atoms with Gasteiger partial charge < -0.3 is 14.3 Å². The van der Waals surface area contributed by atoms with E-state index in [0.717, 1.165) is 34.0 Å². The van der Waals surface area contributed by atoms with E-state index in [9.17, 15) is 4.79 Å². The van der Waals surface area contributed by atoms with Crippen molar-refractivity contribution in [1.29, 1.82) is 0 Å². The van der Waals surface area contributed by atoms with Gasteiger partial charge in [0.1, 0.15) is 0 Å². The van der Waals surface area contributed by atoms with Crippen LogP contribution in [-0.4, -0.2) is 38.1 Å². The summed E-state index contributed by atoms with van der Waals surface area (Å²) in [4.78, 5) is 14.8. The van der Waals surface area contributed by atoms with Gasteiger partial charge in [0, 0.05) is 29.2 Å². The van der Waals surface area contributed by atoms with E-state index < -0.39 is 0 Å². The molecule has 0 saturated carbocycles. The summed E-state index contributed by atoms with van der Waals surface area (Å²) >= 11 is 1.35. The Morgan fingerprint density at radius 1 is 1.30 bits per heavy atom. The van der Waals surface area contributed by atoms with Gasteiger partial charge in [-0.15, -0.1) is 10.2 Å². The first-order chi connectivity index (χ1) is 11.2. The van der Waals surface area contributed by atoms with Gasteiger partial charge in [-0.1, -0.05) is 30.0 Å². The van der Waals surface area contributed by atoms with Crippen LogP contribution in [0, 0.1) is 0 Å². The van der Waals surface area contributed by atoms with Crippen LogP contribution in [0.3, 0.4) is 0 Å². The van der Waals surface area contributed by atoms with E-state index in [2.05, 4.69) is 21.2 Å². The Hall–Kier alpha value is -2.28. The van der Waals surface area contributed by atoms with Crippen molar-refractivity contribution < 1.29 is 9.53 Å². The van der Waals surface area contributed by atoms with Crippen molar-refractivity contribution in [2.45, 2.75) is 25.5 Å². The summed E-state index contributed by atoms with van der Waals surface area (Å²) < 4.78 is 6.97. The fourth-order valence-electron chi connectivity index (χ4n) is 2.46. The first kappa shape index (κ1) is 15.6. The highest BCUT2D eigenvalue weighted by molar-refractivity contribution is 7.99. The third kappa shape index (κ3) is 3.10. The summed E-state index contributed by atoms with van der Waals surface area (Å²) in [5.41, 5.74) is 2.08. The molecule has 1 N–H and O–H groups in total. The number of rotatable bonds is 6. The van der Waals surface area contributed by atoms with Gasteiger partial charge in [0.15, 0.2) is 11.0 Å². The maximum absolute atomic E-state index is 11.5. The van der Waals surface area contributed by atoms with E-state index >= 15 is 0 Å². The standard InChI is InChI=1S/C16H18N4O2S/c1-3-20-15(12-9-17-13-8-6-5-7-11(12)13)18-19-16(20)23-10-14(21)22-4-2/h5-9,17H,3-4,10H2,1-2H3. The molecule has 0 aliphatic rings. The van der Waals surface area contributed by atoms with Crippen LogP contribution in [0.5, 0.6) is 0 Å². The van der Waals surface area contributed by atoms with Gasteiger partial charge in [-0.3, -0.25) is 4.79 Å². The summed E-state index contributed by atoms with van der Waals surface area (Å²) in [6, 6.07) is 8.08. The number of carbonyl (C=O) groups excluding carboxylic acids is 1. The number of H-pyrrole nitrogens is 1. The molecule has 1 aromatic carbocycles. The van der Waals surface area contributed by atoms with Gasteiger partial charge in [-0.05, 0) is 19.9 Å². The minimum atomic E-state index is -0.239. The predicted octanol–water partition coefficient (Wildman–Crippen LogP) is 3.10. The normalized spacial score (nSPS) is 11.0. The molecule has 7 heteroatoms. The number of carbonyl (C=O) groups is 1. The van der Waals surface area contributed by atoms with E-state index in [4.69, 9.17) is 4.74 Å². The lowest BCUT2D eigenvalue weighted by Crippen LogP contribution is -2.08. The zero-order valence-electron chi connectivity index (χ0n) is 13.1. The molecular formula is C16H18N4O2S. The lowest BCUT2D eigenvalue weighted by Gasteiger charge is -2.06. The zero-order valence-corrected chi connectivity index (χ0v) is 13.9. The van der Waals surface area contributed by atoms with E-state index in [1.807, 2.05) is 35.9 Å². The van der Waals surface area contributed by atoms with Crippen LogP contribution in [0.1, 0.15) is 13.8 Å². The van der Waals surface area contributed by atoms with Crippen molar-refractivity contribution in [3.8, 4) is 11.4 Å². The topological polar surface area (TPSA) is 72.8 Å². The number of fused-ring (bicyclic) bond motifs is 1. The molecule has 0 fully saturated rings. The Bertz CT molecular complexity index is 824. The van der Waals surface area contributed by atoms with Crippen molar-refractivity contribution in [2.24, 2.45) is 0 Å². The van der Waals surface area contributed by atoms with Gasteiger partial charge in [0.2, 0.25) is 0 Å². The number of nitrogens with one attached hydrogen (secondary N) is 1. The highest BCUT2D eigenvalue weighted by Crippen LogP contribution is 2.29. The summed E-state index contributed by atoms with van der Waals surface area (Å²) in [6.07, 6.45) is 1.95. The number of esters is 1. The molecule has 0 atom stereocenters. The number of hydrogen-bond donors (Lipinski definition) is 1. The fourth-order valence-corrected chi connectivity index (χ4v) is 3.26. The minimum Gasteiger partial charge on any atom is -0.465 e. The molecular weight excluding hydrogens is 312 g/mol. The van der Waals surface area contributed by atoms with E-state index in [1.165, 1.54) is 11.8 Å². The lowest BCUT2D eigenvalue weighted by molar-refractivity contribution is -0.139. The van der Waals surface area contributed by atoms with Crippen LogP contribution in [0.15, 0.2) is 35.6 Å². The Balaban J connectivity index is 1.90. The van der Waals surface area contributed by atoms with E-state index in [-0.39, 0.29) is 11.7 Å². The molecule has 23 heavy (non-hydrogen) atoms. The third-order valence-electron chi connectivity index (χ3n) is 3.49. The lowest BCUT2D eigenvalue weighted by atomic mass is 10.1. The molecule has 0 spiro atoms. The highest BCUT2D eigenvalue weighted by atomic mass is 32.2. The van der Waals surface area contributed by atoms with Crippen LogP contribution in [0.25, 0.3) is 22.3 Å². The molecule has 3 aromatic rings. The number of nitrogens with zero attached hydrogens (tertiary/aromatic N) is 3. The summed E-state index contributed by atoms with van der Waals surface area (Å²) in [5.74, 6) is 0.799. The molecule has 3 rings (SSSR count). The molecule has 2 heterocycles. The van der Waals surface area contributed by atoms with Crippen LogP contribution in [0.4, 0.5) is 0 Å². The van der Waals surface area contributed by atoms with Gasteiger partial charge in [-0.25, -0.2) is 0 Å². The molecule has 0 amide bonds. The Kier molecular flexibility index (Phi) is 4.66. The predicted molar refractivity (Wildman–Crippen MR) is 90.3 cm³/mol. The largest absolute Gasteiger partial charge is 0.465 e. The van der Waals surface area contributed by atoms with Crippen LogP contribution in [0.2, 0.25) is 0 Å². The first-order valence-electron chi connectivity index (χ1n) is 7.52. The average Bonchev–Trinajstić information content (AvgIpc) is 3.16. The second kappa shape index (κ2) is 6.87. The Morgan fingerprint density at radius 2 is 2.13 bits per heavy atom. The Morgan fingerprint density at radius 3 is 2.91 bits per heavy atom. The number of para-hydroxylation sites is 1. The minimum absolute atomic E-state index is 0.236. The fraction of sp³-hybridized carbons (Fsp3) is 0.312. The molecule has 0 aliphatic heterocycles. The maximum atomic E-state index is 11.5. The number of thioether (sulfide) groups is 1. The smallest absolute Gasteiger partial charge is 0.316 e. The van der Waals surface area contributed by atoms with E-state index in [1.54, 1.807) is 6.92 Å². The monoisotopic (exact) mass is 330 g/mol. The summed E-state index contributed by atoms with van der Waals surface area (Å²) in [5, 5.41) is 10.4. The molecule has 0 saturated heterocycles. The molecule has 0 radical (unpaired) electrons. The molecule has 2 aromatic heterocycles. The number of hydrogen-bond acceptors (Lipinski definition) is 5.